The van der Waals surface area contributed by atoms with Crippen LogP contribution in [-0.2, 0) is 0 Å². The van der Waals surface area contributed by atoms with Crippen LogP contribution in [0.25, 0.3) is 0 Å². The zero-order chi connectivity index (χ0) is 14.7. The van der Waals surface area contributed by atoms with E-state index in [-0.39, 0.29) is 6.04 Å². The standard InChI is InChI=1S/C16H17BrINO/c1-10-8-12(20-3)5-6-13(10)16(19-2)14-9-11(18)4-7-15(14)17/h4-9,16,19H,1-3H3. The van der Waals surface area contributed by atoms with Crippen molar-refractivity contribution < 1.29 is 4.74 Å². The highest BCUT2D eigenvalue weighted by Crippen LogP contribution is 2.32. The van der Waals surface area contributed by atoms with Gasteiger partial charge < -0.3 is 10.1 Å². The summed E-state index contributed by atoms with van der Waals surface area (Å²) in [6, 6.07) is 12.8. The number of ether oxygens (including phenoxy) is 1. The van der Waals surface area contributed by atoms with Crippen LogP contribution < -0.4 is 10.1 Å². The number of benzene rings is 2. The van der Waals surface area contributed by atoms with Gasteiger partial charge in [-0.05, 0) is 83.6 Å². The van der Waals surface area contributed by atoms with Gasteiger partial charge >= 0.3 is 0 Å². The molecule has 0 saturated carbocycles. The van der Waals surface area contributed by atoms with Gasteiger partial charge in [0.2, 0.25) is 0 Å². The summed E-state index contributed by atoms with van der Waals surface area (Å²) in [6.45, 7) is 2.12. The van der Waals surface area contributed by atoms with Crippen molar-refractivity contribution in [1.82, 2.24) is 5.32 Å². The molecule has 0 saturated heterocycles. The Morgan fingerprint density at radius 1 is 1.15 bits per heavy atom. The van der Waals surface area contributed by atoms with Gasteiger partial charge in [-0.25, -0.2) is 0 Å². The normalized spacial score (nSPS) is 12.2. The average molecular weight is 446 g/mol. The van der Waals surface area contributed by atoms with Crippen molar-refractivity contribution in [2.45, 2.75) is 13.0 Å². The van der Waals surface area contributed by atoms with Crippen LogP contribution in [-0.4, -0.2) is 14.2 Å². The van der Waals surface area contributed by atoms with Gasteiger partial charge in [0.1, 0.15) is 5.75 Å². The molecule has 2 aromatic carbocycles. The van der Waals surface area contributed by atoms with E-state index in [2.05, 4.69) is 81.1 Å². The van der Waals surface area contributed by atoms with Crippen LogP contribution in [0, 0.1) is 10.5 Å². The van der Waals surface area contributed by atoms with Crippen LogP contribution in [0.15, 0.2) is 40.9 Å². The van der Waals surface area contributed by atoms with Crippen LogP contribution >= 0.6 is 38.5 Å². The van der Waals surface area contributed by atoms with E-state index < -0.39 is 0 Å². The van der Waals surface area contributed by atoms with Crippen molar-refractivity contribution in [3.8, 4) is 5.75 Å². The lowest BCUT2D eigenvalue weighted by Crippen LogP contribution is -2.19. The smallest absolute Gasteiger partial charge is 0.119 e. The van der Waals surface area contributed by atoms with E-state index in [0.29, 0.717) is 0 Å². The molecule has 2 aromatic rings. The number of aryl methyl sites for hydroxylation is 1. The fourth-order valence-electron chi connectivity index (χ4n) is 2.31. The Bertz CT molecular complexity index is 615. The Kier molecular flexibility index (Phi) is 5.46. The lowest BCUT2D eigenvalue weighted by Gasteiger charge is -2.21. The van der Waals surface area contributed by atoms with Gasteiger partial charge in [-0.15, -0.1) is 0 Å². The van der Waals surface area contributed by atoms with Crippen molar-refractivity contribution in [1.29, 1.82) is 0 Å². The Labute approximate surface area is 142 Å². The first-order valence-electron chi connectivity index (χ1n) is 6.33. The maximum Gasteiger partial charge on any atom is 0.119 e. The molecule has 1 N–H and O–H groups in total. The highest BCUT2D eigenvalue weighted by atomic mass is 127. The van der Waals surface area contributed by atoms with Crippen molar-refractivity contribution in [3.63, 3.8) is 0 Å². The number of methoxy groups -OCH3 is 1. The van der Waals surface area contributed by atoms with E-state index in [1.165, 1.54) is 20.3 Å². The zero-order valence-corrected chi connectivity index (χ0v) is 15.4. The summed E-state index contributed by atoms with van der Waals surface area (Å²) >= 11 is 6.00. The molecule has 20 heavy (non-hydrogen) atoms. The number of nitrogens with one attached hydrogen (secondary N) is 1. The van der Waals surface area contributed by atoms with Gasteiger partial charge in [0.05, 0.1) is 13.2 Å². The fraction of sp³-hybridized carbons (Fsp3) is 0.250. The van der Waals surface area contributed by atoms with Crippen LogP contribution in [0.1, 0.15) is 22.7 Å². The van der Waals surface area contributed by atoms with E-state index in [1.54, 1.807) is 7.11 Å². The third kappa shape index (κ3) is 3.35. The van der Waals surface area contributed by atoms with Crippen molar-refractivity contribution in [3.05, 3.63) is 61.1 Å². The molecular weight excluding hydrogens is 429 g/mol. The number of hydrogen-bond donors (Lipinski definition) is 1. The second-order valence-corrected chi connectivity index (χ2v) is 6.71. The Hall–Kier alpha value is -0.590. The van der Waals surface area contributed by atoms with Gasteiger partial charge in [-0.1, -0.05) is 22.0 Å². The summed E-state index contributed by atoms with van der Waals surface area (Å²) in [5.74, 6) is 0.891. The third-order valence-corrected chi connectivity index (χ3v) is 4.74. The van der Waals surface area contributed by atoms with E-state index in [1.807, 2.05) is 13.1 Å². The predicted octanol–water partition coefficient (Wildman–Crippen LogP) is 4.68. The minimum absolute atomic E-state index is 0.157. The molecular formula is C16H17BrINO. The van der Waals surface area contributed by atoms with Gasteiger partial charge in [0.15, 0.2) is 0 Å². The maximum atomic E-state index is 5.28. The molecule has 0 aliphatic carbocycles. The highest BCUT2D eigenvalue weighted by Gasteiger charge is 2.17. The Balaban J connectivity index is 2.49. The minimum Gasteiger partial charge on any atom is -0.497 e. The topological polar surface area (TPSA) is 21.3 Å². The fourth-order valence-corrected chi connectivity index (χ4v) is 3.30. The van der Waals surface area contributed by atoms with Crippen LogP contribution in [0.4, 0.5) is 0 Å². The van der Waals surface area contributed by atoms with Gasteiger partial charge in [0.25, 0.3) is 0 Å². The van der Waals surface area contributed by atoms with Gasteiger partial charge in [-0.3, -0.25) is 0 Å². The lowest BCUT2D eigenvalue weighted by atomic mass is 9.95. The zero-order valence-electron chi connectivity index (χ0n) is 11.7. The van der Waals surface area contributed by atoms with Gasteiger partial charge in [-0.2, -0.15) is 0 Å². The summed E-state index contributed by atoms with van der Waals surface area (Å²) < 4.78 is 7.63. The highest BCUT2D eigenvalue weighted by molar-refractivity contribution is 14.1. The van der Waals surface area contributed by atoms with Crippen molar-refractivity contribution in [2.75, 3.05) is 14.2 Å². The molecule has 1 atom stereocenters. The monoisotopic (exact) mass is 445 g/mol. The Morgan fingerprint density at radius 3 is 2.50 bits per heavy atom. The van der Waals surface area contributed by atoms with E-state index >= 15 is 0 Å². The van der Waals surface area contributed by atoms with Crippen molar-refractivity contribution in [2.24, 2.45) is 0 Å². The van der Waals surface area contributed by atoms with Crippen molar-refractivity contribution >= 4 is 38.5 Å². The molecule has 1 unspecified atom stereocenters. The second kappa shape index (κ2) is 6.91. The summed E-state index contributed by atoms with van der Waals surface area (Å²) in [5.41, 5.74) is 3.72. The molecule has 0 spiro atoms. The lowest BCUT2D eigenvalue weighted by molar-refractivity contribution is 0.414. The third-order valence-electron chi connectivity index (χ3n) is 3.35. The Morgan fingerprint density at radius 2 is 1.90 bits per heavy atom. The van der Waals surface area contributed by atoms with Crippen LogP contribution in [0.2, 0.25) is 0 Å². The molecule has 0 amide bonds. The van der Waals surface area contributed by atoms with Crippen LogP contribution in [0.5, 0.6) is 5.75 Å². The molecule has 0 heterocycles. The molecule has 0 aromatic heterocycles. The quantitative estimate of drug-likeness (QED) is 0.690. The molecule has 4 heteroatoms. The molecule has 106 valence electrons. The average Bonchev–Trinajstić information content (AvgIpc) is 2.44. The molecule has 0 aliphatic rings. The van der Waals surface area contributed by atoms with E-state index in [0.717, 1.165) is 10.2 Å². The summed E-state index contributed by atoms with van der Waals surface area (Å²) in [6.07, 6.45) is 0. The molecule has 0 fully saturated rings. The molecule has 0 bridgehead atoms. The largest absolute Gasteiger partial charge is 0.497 e. The first-order chi connectivity index (χ1) is 9.56. The number of hydrogen-bond acceptors (Lipinski definition) is 2. The van der Waals surface area contributed by atoms with Gasteiger partial charge in [0, 0.05) is 8.04 Å². The maximum absolute atomic E-state index is 5.28. The number of rotatable bonds is 4. The van der Waals surface area contributed by atoms with E-state index in [4.69, 9.17) is 4.74 Å². The summed E-state index contributed by atoms with van der Waals surface area (Å²) in [7, 11) is 3.68. The summed E-state index contributed by atoms with van der Waals surface area (Å²) in [4.78, 5) is 0. The second-order valence-electron chi connectivity index (χ2n) is 4.61. The van der Waals surface area contributed by atoms with E-state index in [9.17, 15) is 0 Å². The SMILES string of the molecule is CNC(c1ccc(OC)cc1C)c1cc(I)ccc1Br. The first kappa shape index (κ1) is 15.8. The predicted molar refractivity (Wildman–Crippen MR) is 95.5 cm³/mol. The molecule has 2 nitrogen and oxygen atoms in total. The summed E-state index contributed by atoms with van der Waals surface area (Å²) in [5, 5.41) is 3.41. The number of halogens is 2. The van der Waals surface area contributed by atoms with Crippen LogP contribution in [0.3, 0.4) is 0 Å². The molecule has 0 aliphatic heterocycles. The first-order valence-corrected chi connectivity index (χ1v) is 8.20. The molecule has 2 rings (SSSR count). The minimum atomic E-state index is 0.157. The molecule has 0 radical (unpaired) electrons.